The quantitative estimate of drug-likeness (QED) is 0.437. The molecule has 5 heteroatoms. The van der Waals surface area contributed by atoms with E-state index in [2.05, 4.69) is 51.8 Å². The lowest BCUT2D eigenvalue weighted by Gasteiger charge is -2.10. The molecule has 2 aromatic heterocycles. The molecule has 4 aromatic rings. The maximum atomic E-state index is 12.4. The first-order valence-electron chi connectivity index (χ1n) is 9.05. The number of benzene rings is 2. The summed E-state index contributed by atoms with van der Waals surface area (Å²) in [5.41, 5.74) is 7.24. The summed E-state index contributed by atoms with van der Waals surface area (Å²) >= 11 is 1.16. The Morgan fingerprint density at radius 3 is 2.43 bits per heavy atom. The van der Waals surface area contributed by atoms with Crippen molar-refractivity contribution >= 4 is 17.3 Å². The summed E-state index contributed by atoms with van der Waals surface area (Å²) in [5.74, 6) is 0.0635. The molecule has 4 nitrogen and oxygen atoms in total. The third-order valence-corrected chi connectivity index (χ3v) is 5.60. The molecule has 0 aliphatic heterocycles. The number of ketones is 1. The van der Waals surface area contributed by atoms with Crippen molar-refractivity contribution in [2.75, 3.05) is 0 Å². The van der Waals surface area contributed by atoms with Crippen LogP contribution in [0.1, 0.15) is 26.5 Å². The molecule has 28 heavy (non-hydrogen) atoms. The van der Waals surface area contributed by atoms with Crippen molar-refractivity contribution in [3.63, 3.8) is 0 Å². The van der Waals surface area contributed by atoms with Gasteiger partial charge in [0.25, 0.3) is 0 Å². The van der Waals surface area contributed by atoms with E-state index in [1.807, 2.05) is 37.3 Å². The summed E-state index contributed by atoms with van der Waals surface area (Å²) in [5, 5.41) is 3.92. The molecule has 0 spiro atoms. The maximum absolute atomic E-state index is 12.4. The third kappa shape index (κ3) is 3.75. The maximum Gasteiger partial charge on any atom is 0.180 e. The molecular weight excluding hydrogens is 366 g/mol. The Morgan fingerprint density at radius 2 is 1.75 bits per heavy atom. The van der Waals surface area contributed by atoms with Gasteiger partial charge in [-0.25, -0.2) is 0 Å². The minimum Gasteiger partial charge on any atom is -0.293 e. The van der Waals surface area contributed by atoms with Gasteiger partial charge in [0.15, 0.2) is 5.78 Å². The molecule has 0 aliphatic carbocycles. The van der Waals surface area contributed by atoms with E-state index in [0.717, 1.165) is 33.9 Å². The van der Waals surface area contributed by atoms with Crippen molar-refractivity contribution in [3.8, 4) is 22.4 Å². The predicted octanol–water partition coefficient (Wildman–Crippen LogP) is 5.31. The summed E-state index contributed by atoms with van der Waals surface area (Å²) in [4.78, 5) is 17.5. The lowest BCUT2D eigenvalue weighted by atomic mass is 9.95. The first-order chi connectivity index (χ1) is 13.6. The zero-order valence-corrected chi connectivity index (χ0v) is 16.5. The number of carbonyl (C=O) groups excluding carboxylic acids is 1. The Balaban J connectivity index is 1.59. The molecule has 0 aliphatic rings. The zero-order valence-electron chi connectivity index (χ0n) is 15.7. The zero-order chi connectivity index (χ0) is 19.5. The second-order valence-corrected chi connectivity index (χ2v) is 7.48. The van der Waals surface area contributed by atoms with Gasteiger partial charge < -0.3 is 0 Å². The highest BCUT2D eigenvalue weighted by Gasteiger charge is 2.14. The molecule has 138 valence electrons. The van der Waals surface area contributed by atoms with Gasteiger partial charge in [-0.15, -0.1) is 5.10 Å². The number of hydrogen-bond donors (Lipinski definition) is 0. The van der Waals surface area contributed by atoms with Crippen LogP contribution < -0.4 is 0 Å². The van der Waals surface area contributed by atoms with Crippen molar-refractivity contribution in [1.29, 1.82) is 0 Å². The van der Waals surface area contributed by atoms with E-state index in [-0.39, 0.29) is 5.78 Å². The van der Waals surface area contributed by atoms with Crippen LogP contribution in [-0.4, -0.2) is 20.4 Å². The highest BCUT2D eigenvalue weighted by atomic mass is 32.1. The van der Waals surface area contributed by atoms with Crippen molar-refractivity contribution in [3.05, 3.63) is 88.6 Å². The number of Topliss-reactive ketones (excluding diaryl/α,β-unsaturated/α-hetero) is 1. The summed E-state index contributed by atoms with van der Waals surface area (Å²) < 4.78 is 3.85. The molecule has 0 atom stereocenters. The Kier molecular flexibility index (Phi) is 5.08. The van der Waals surface area contributed by atoms with Crippen molar-refractivity contribution in [2.24, 2.45) is 0 Å². The van der Waals surface area contributed by atoms with Crippen molar-refractivity contribution in [2.45, 2.75) is 20.3 Å². The standard InChI is InChI=1S/C23H19N3OS/c1-15-6-9-19(21-5-3-4-12-24-21)14-20(15)18-10-7-17(8-11-18)13-22(27)23-16(2)25-26-28-23/h3-12,14H,13H2,1-2H3. The predicted molar refractivity (Wildman–Crippen MR) is 113 cm³/mol. The average molecular weight is 385 g/mol. The van der Waals surface area contributed by atoms with Crippen LogP contribution >= 0.6 is 11.5 Å². The number of nitrogens with zero attached hydrogens (tertiary/aromatic N) is 3. The molecule has 0 saturated carbocycles. The second-order valence-electron chi connectivity index (χ2n) is 6.73. The van der Waals surface area contributed by atoms with E-state index in [1.165, 1.54) is 11.1 Å². The van der Waals surface area contributed by atoms with Gasteiger partial charge in [0.05, 0.1) is 11.4 Å². The number of pyridine rings is 1. The highest BCUT2D eigenvalue weighted by Crippen LogP contribution is 2.29. The monoisotopic (exact) mass is 385 g/mol. The summed E-state index contributed by atoms with van der Waals surface area (Å²) in [6.45, 7) is 3.92. The van der Waals surface area contributed by atoms with Crippen LogP contribution in [0.25, 0.3) is 22.4 Å². The van der Waals surface area contributed by atoms with Crippen LogP contribution in [0.4, 0.5) is 0 Å². The van der Waals surface area contributed by atoms with Crippen molar-refractivity contribution in [1.82, 2.24) is 14.6 Å². The smallest absolute Gasteiger partial charge is 0.180 e. The number of aromatic nitrogens is 3. The lowest BCUT2D eigenvalue weighted by Crippen LogP contribution is -2.03. The molecule has 4 rings (SSSR count). The molecule has 0 N–H and O–H groups in total. The lowest BCUT2D eigenvalue weighted by molar-refractivity contribution is 0.0996. The summed E-state index contributed by atoms with van der Waals surface area (Å²) in [6.07, 6.45) is 2.17. The highest BCUT2D eigenvalue weighted by molar-refractivity contribution is 7.08. The van der Waals surface area contributed by atoms with Gasteiger partial charge in [-0.3, -0.25) is 9.78 Å². The van der Waals surface area contributed by atoms with Crippen LogP contribution in [-0.2, 0) is 6.42 Å². The molecule has 0 fully saturated rings. The molecule has 0 unspecified atom stereocenters. The molecule has 2 heterocycles. The van der Waals surface area contributed by atoms with Crippen LogP contribution in [0.5, 0.6) is 0 Å². The second kappa shape index (κ2) is 7.82. The van der Waals surface area contributed by atoms with Crippen LogP contribution in [0, 0.1) is 13.8 Å². The van der Waals surface area contributed by atoms with Gasteiger partial charge in [0.1, 0.15) is 4.88 Å². The average Bonchev–Trinajstić information content (AvgIpc) is 3.16. The van der Waals surface area contributed by atoms with Gasteiger partial charge in [0, 0.05) is 18.2 Å². The van der Waals surface area contributed by atoms with Crippen molar-refractivity contribution < 1.29 is 4.79 Å². The topological polar surface area (TPSA) is 55.7 Å². The summed E-state index contributed by atoms with van der Waals surface area (Å²) in [6, 6.07) is 20.5. The largest absolute Gasteiger partial charge is 0.293 e. The van der Waals surface area contributed by atoms with E-state index in [4.69, 9.17) is 0 Å². The number of rotatable bonds is 5. The van der Waals surface area contributed by atoms with Crippen LogP contribution in [0.3, 0.4) is 0 Å². The Hall–Kier alpha value is -3.18. The molecule has 0 radical (unpaired) electrons. The van der Waals surface area contributed by atoms with Gasteiger partial charge in [-0.05, 0) is 65.8 Å². The Morgan fingerprint density at radius 1 is 0.964 bits per heavy atom. The molecule has 0 amide bonds. The van der Waals surface area contributed by atoms with Gasteiger partial charge >= 0.3 is 0 Å². The van der Waals surface area contributed by atoms with Gasteiger partial charge in [-0.1, -0.05) is 47.0 Å². The minimum absolute atomic E-state index is 0.0635. The molecular formula is C23H19N3OS. The normalized spacial score (nSPS) is 10.8. The number of hydrogen-bond acceptors (Lipinski definition) is 5. The van der Waals surface area contributed by atoms with E-state index in [1.54, 1.807) is 6.20 Å². The molecule has 0 saturated heterocycles. The fraction of sp³-hybridized carbons (Fsp3) is 0.130. The SMILES string of the molecule is Cc1ccc(-c2ccccn2)cc1-c1ccc(CC(=O)c2snnc2C)cc1. The van der Waals surface area contributed by atoms with E-state index in [0.29, 0.717) is 17.0 Å². The number of aryl methyl sites for hydroxylation is 2. The fourth-order valence-electron chi connectivity index (χ4n) is 3.18. The summed E-state index contributed by atoms with van der Waals surface area (Å²) in [7, 11) is 0. The minimum atomic E-state index is 0.0635. The van der Waals surface area contributed by atoms with Gasteiger partial charge in [0.2, 0.25) is 0 Å². The van der Waals surface area contributed by atoms with Crippen LogP contribution in [0.15, 0.2) is 66.9 Å². The van der Waals surface area contributed by atoms with E-state index < -0.39 is 0 Å². The Bertz CT molecular complexity index is 1120. The Labute approximate surface area is 168 Å². The van der Waals surface area contributed by atoms with Crippen LogP contribution in [0.2, 0.25) is 0 Å². The fourth-order valence-corrected chi connectivity index (χ4v) is 3.77. The molecule has 2 aromatic carbocycles. The first kappa shape index (κ1) is 18.2. The first-order valence-corrected chi connectivity index (χ1v) is 9.82. The van der Waals surface area contributed by atoms with E-state index >= 15 is 0 Å². The number of carbonyl (C=O) groups is 1. The third-order valence-electron chi connectivity index (χ3n) is 4.73. The van der Waals surface area contributed by atoms with Gasteiger partial charge in [-0.2, -0.15) is 0 Å². The van der Waals surface area contributed by atoms with E-state index in [9.17, 15) is 4.79 Å². The molecule has 0 bridgehead atoms.